The van der Waals surface area contributed by atoms with Gasteiger partial charge in [0.1, 0.15) is 18.2 Å². The lowest BCUT2D eigenvalue weighted by Gasteiger charge is -2.07. The number of hydrogen-bond acceptors (Lipinski definition) is 6. The van der Waals surface area contributed by atoms with E-state index >= 15 is 0 Å². The van der Waals surface area contributed by atoms with Crippen LogP contribution in [0.1, 0.15) is 17.6 Å². The Morgan fingerprint density at radius 3 is 2.95 bits per heavy atom. The van der Waals surface area contributed by atoms with Crippen molar-refractivity contribution in [3.05, 3.63) is 33.2 Å². The molecule has 0 saturated carbocycles. The van der Waals surface area contributed by atoms with E-state index in [1.165, 1.54) is 11.3 Å². The highest BCUT2D eigenvalue weighted by Gasteiger charge is 2.04. The molecular formula is C12H15ClN4OS. The number of thiophene rings is 1. The van der Waals surface area contributed by atoms with Crippen molar-refractivity contribution in [1.82, 2.24) is 9.97 Å². The van der Waals surface area contributed by atoms with Crippen molar-refractivity contribution in [3.63, 3.8) is 0 Å². The largest absolute Gasteiger partial charge is 0.384 e. The van der Waals surface area contributed by atoms with E-state index in [0.29, 0.717) is 37.2 Å². The van der Waals surface area contributed by atoms with Crippen LogP contribution >= 0.6 is 22.9 Å². The predicted molar refractivity (Wildman–Crippen MR) is 78.4 cm³/mol. The molecule has 3 N–H and O–H groups in total. The maximum Gasteiger partial charge on any atom is 0.158 e. The van der Waals surface area contributed by atoms with Crippen molar-refractivity contribution in [2.75, 3.05) is 17.7 Å². The third-order valence-electron chi connectivity index (χ3n) is 2.30. The van der Waals surface area contributed by atoms with Gasteiger partial charge in [-0.1, -0.05) is 11.6 Å². The Morgan fingerprint density at radius 2 is 2.26 bits per heavy atom. The number of ether oxygens (including phenoxy) is 1. The highest BCUT2D eigenvalue weighted by Crippen LogP contribution is 2.22. The average molecular weight is 299 g/mol. The Morgan fingerprint density at radius 1 is 1.42 bits per heavy atom. The Bertz CT molecular complexity index is 546. The second-order valence-corrected chi connectivity index (χ2v) is 5.59. The zero-order valence-electron chi connectivity index (χ0n) is 10.5. The summed E-state index contributed by atoms with van der Waals surface area (Å²) in [5.74, 6) is 1.69. The van der Waals surface area contributed by atoms with Gasteiger partial charge in [0.05, 0.1) is 10.9 Å². The second kappa shape index (κ2) is 6.70. The molecule has 0 bridgehead atoms. The number of halogens is 1. The first-order chi connectivity index (χ1) is 9.17. The molecule has 0 unspecified atom stereocenters. The molecule has 5 nitrogen and oxygen atoms in total. The lowest BCUT2D eigenvalue weighted by atomic mass is 10.4. The fraction of sp³-hybridized carbons (Fsp3) is 0.333. The number of hydrogen-bond donors (Lipinski definition) is 2. The first-order valence-electron chi connectivity index (χ1n) is 5.86. The molecule has 102 valence electrons. The summed E-state index contributed by atoms with van der Waals surface area (Å²) >= 11 is 7.41. The second-order valence-electron chi connectivity index (χ2n) is 3.79. The molecule has 0 amide bonds. The Balaban J connectivity index is 2.01. The zero-order chi connectivity index (χ0) is 13.7. The number of nitrogens with two attached hydrogens (primary N) is 1. The Hall–Kier alpha value is -1.37. The van der Waals surface area contributed by atoms with Gasteiger partial charge in [-0.3, -0.25) is 0 Å². The first-order valence-corrected chi connectivity index (χ1v) is 7.06. The van der Waals surface area contributed by atoms with Gasteiger partial charge in [-0.25, -0.2) is 9.97 Å². The van der Waals surface area contributed by atoms with Gasteiger partial charge in [0, 0.05) is 17.6 Å². The van der Waals surface area contributed by atoms with Crippen molar-refractivity contribution in [2.24, 2.45) is 0 Å². The lowest BCUT2D eigenvalue weighted by Crippen LogP contribution is -2.07. The maximum atomic E-state index is 5.88. The summed E-state index contributed by atoms with van der Waals surface area (Å²) in [4.78, 5) is 9.58. The molecule has 2 aromatic rings. The number of nitrogens with zero attached hydrogens (tertiary/aromatic N) is 2. The molecule has 7 heteroatoms. The molecule has 2 aromatic heterocycles. The van der Waals surface area contributed by atoms with Crippen LogP contribution in [0, 0.1) is 0 Å². The maximum absolute atomic E-state index is 5.88. The van der Waals surface area contributed by atoms with Crippen LogP contribution in [0.25, 0.3) is 0 Å². The van der Waals surface area contributed by atoms with Gasteiger partial charge in [0.15, 0.2) is 5.82 Å². The highest BCUT2D eigenvalue weighted by atomic mass is 35.5. The molecule has 0 radical (unpaired) electrons. The molecule has 2 rings (SSSR count). The predicted octanol–water partition coefficient (Wildman–Crippen LogP) is 2.92. The number of rotatable bonds is 6. The van der Waals surface area contributed by atoms with Crippen LogP contribution in [0.2, 0.25) is 4.34 Å². The van der Waals surface area contributed by atoms with Gasteiger partial charge >= 0.3 is 0 Å². The molecule has 0 aliphatic heterocycles. The smallest absolute Gasteiger partial charge is 0.158 e. The Labute approximate surface area is 120 Å². The van der Waals surface area contributed by atoms with Gasteiger partial charge < -0.3 is 15.8 Å². The molecule has 0 aromatic carbocycles. The van der Waals surface area contributed by atoms with Crippen molar-refractivity contribution < 1.29 is 4.74 Å². The SMILES string of the molecule is CCOCc1nc(N)cc(NCc2ccc(Cl)s2)n1. The van der Waals surface area contributed by atoms with Crippen LogP contribution in [-0.4, -0.2) is 16.6 Å². The highest BCUT2D eigenvalue weighted by molar-refractivity contribution is 7.16. The average Bonchev–Trinajstić information content (AvgIpc) is 2.79. The molecule has 0 atom stereocenters. The zero-order valence-corrected chi connectivity index (χ0v) is 12.1. The van der Waals surface area contributed by atoms with Crippen molar-refractivity contribution >= 4 is 34.6 Å². The van der Waals surface area contributed by atoms with Gasteiger partial charge in [-0.2, -0.15) is 0 Å². The molecular weight excluding hydrogens is 284 g/mol. The van der Waals surface area contributed by atoms with Crippen LogP contribution in [0.3, 0.4) is 0 Å². The third-order valence-corrected chi connectivity index (χ3v) is 3.53. The minimum Gasteiger partial charge on any atom is -0.384 e. The Kier molecular flexibility index (Phi) is 4.95. The topological polar surface area (TPSA) is 73.1 Å². The monoisotopic (exact) mass is 298 g/mol. The van der Waals surface area contributed by atoms with E-state index in [1.807, 2.05) is 19.1 Å². The minimum absolute atomic E-state index is 0.362. The number of anilines is 2. The fourth-order valence-corrected chi connectivity index (χ4v) is 2.52. The van der Waals surface area contributed by atoms with Crippen molar-refractivity contribution in [1.29, 1.82) is 0 Å². The van der Waals surface area contributed by atoms with Gasteiger partial charge in [0.25, 0.3) is 0 Å². The number of nitrogen functional groups attached to an aromatic ring is 1. The van der Waals surface area contributed by atoms with E-state index in [1.54, 1.807) is 6.07 Å². The molecule has 0 spiro atoms. The first kappa shape index (κ1) is 14.0. The van der Waals surface area contributed by atoms with Gasteiger partial charge in [0.2, 0.25) is 0 Å². The molecule has 0 aliphatic rings. The van der Waals surface area contributed by atoms with Gasteiger partial charge in [-0.15, -0.1) is 11.3 Å². The van der Waals surface area contributed by atoms with Crippen LogP contribution in [0.4, 0.5) is 11.6 Å². The van der Waals surface area contributed by atoms with Crippen LogP contribution < -0.4 is 11.1 Å². The van der Waals surface area contributed by atoms with Crippen LogP contribution in [-0.2, 0) is 17.9 Å². The standard InChI is InChI=1S/C12H15ClN4OS/c1-2-18-7-12-16-10(14)5-11(17-12)15-6-8-3-4-9(13)19-8/h3-5H,2,6-7H2,1H3,(H3,14,15,16,17). The summed E-state index contributed by atoms with van der Waals surface area (Å²) in [7, 11) is 0. The normalized spacial score (nSPS) is 10.6. The van der Waals surface area contributed by atoms with Gasteiger partial charge in [-0.05, 0) is 19.1 Å². The lowest BCUT2D eigenvalue weighted by molar-refractivity contribution is 0.128. The quantitative estimate of drug-likeness (QED) is 0.858. The molecule has 0 saturated heterocycles. The summed E-state index contributed by atoms with van der Waals surface area (Å²) in [6, 6.07) is 5.55. The van der Waals surface area contributed by atoms with E-state index in [2.05, 4.69) is 15.3 Å². The summed E-state index contributed by atoms with van der Waals surface area (Å²) in [5, 5.41) is 3.20. The summed E-state index contributed by atoms with van der Waals surface area (Å²) in [6.45, 7) is 3.56. The van der Waals surface area contributed by atoms with Crippen LogP contribution in [0.5, 0.6) is 0 Å². The minimum atomic E-state index is 0.362. The molecule has 0 aliphatic carbocycles. The number of nitrogens with one attached hydrogen (secondary N) is 1. The summed E-state index contributed by atoms with van der Waals surface area (Å²) in [6.07, 6.45) is 0. The summed E-state index contributed by atoms with van der Waals surface area (Å²) in [5.41, 5.74) is 5.74. The number of aromatic nitrogens is 2. The van der Waals surface area contributed by atoms with E-state index in [4.69, 9.17) is 22.1 Å². The molecule has 0 fully saturated rings. The van der Waals surface area contributed by atoms with Crippen molar-refractivity contribution in [3.8, 4) is 0 Å². The third kappa shape index (κ3) is 4.34. The fourth-order valence-electron chi connectivity index (χ4n) is 1.49. The van der Waals surface area contributed by atoms with E-state index in [-0.39, 0.29) is 0 Å². The molecule has 2 heterocycles. The van der Waals surface area contributed by atoms with E-state index in [0.717, 1.165) is 9.21 Å². The van der Waals surface area contributed by atoms with E-state index < -0.39 is 0 Å². The van der Waals surface area contributed by atoms with Crippen LogP contribution in [0.15, 0.2) is 18.2 Å². The van der Waals surface area contributed by atoms with E-state index in [9.17, 15) is 0 Å². The van der Waals surface area contributed by atoms with Crippen molar-refractivity contribution in [2.45, 2.75) is 20.1 Å². The summed E-state index contributed by atoms with van der Waals surface area (Å²) < 4.78 is 6.05. The molecule has 19 heavy (non-hydrogen) atoms.